The van der Waals surface area contributed by atoms with Gasteiger partial charge in [-0.05, 0) is 53.0 Å². The Labute approximate surface area is 176 Å². The van der Waals surface area contributed by atoms with Gasteiger partial charge in [-0.3, -0.25) is 15.6 Å². The maximum Gasteiger partial charge on any atom is 0.323 e. The Kier molecular flexibility index (Phi) is 17.9. The number of carbonyl (C=O) groups excluding carboxylic acids is 1. The van der Waals surface area contributed by atoms with Crippen LogP contribution in [0.25, 0.3) is 0 Å². The number of nitrogens with one attached hydrogen (secondary N) is 4. The molecule has 0 rings (SSSR count). The van der Waals surface area contributed by atoms with E-state index in [9.17, 15) is 4.79 Å². The quantitative estimate of drug-likeness (QED) is 0.0902. The molecule has 0 aliphatic heterocycles. The predicted molar refractivity (Wildman–Crippen MR) is 122 cm³/mol. The third kappa shape index (κ3) is 22.0. The summed E-state index contributed by atoms with van der Waals surface area (Å²) in [5.41, 5.74) is 10.5. The van der Waals surface area contributed by atoms with Crippen molar-refractivity contribution in [1.82, 2.24) is 10.6 Å². The summed E-state index contributed by atoms with van der Waals surface area (Å²) in [6.45, 7) is 14.8. The van der Waals surface area contributed by atoms with Gasteiger partial charge < -0.3 is 26.8 Å². The van der Waals surface area contributed by atoms with E-state index < -0.39 is 11.6 Å². The van der Waals surface area contributed by atoms with Crippen LogP contribution in [0.15, 0.2) is 25.3 Å². The smallest absolute Gasteiger partial charge is 0.323 e. The van der Waals surface area contributed by atoms with E-state index in [1.165, 1.54) is 0 Å². The molecule has 0 heterocycles. The molecule has 1 unspecified atom stereocenters. The minimum absolute atomic E-state index is 0.372. The van der Waals surface area contributed by atoms with Crippen LogP contribution in [0.2, 0.25) is 0 Å². The van der Waals surface area contributed by atoms with Crippen LogP contribution in [-0.4, -0.2) is 48.9 Å². The minimum Gasteiger partial charge on any atom is -0.459 e. The zero-order chi connectivity index (χ0) is 22.7. The van der Waals surface area contributed by atoms with Crippen molar-refractivity contribution in [3.05, 3.63) is 25.3 Å². The monoisotopic (exact) mass is 410 g/mol. The van der Waals surface area contributed by atoms with Gasteiger partial charge in [0.1, 0.15) is 11.6 Å². The maximum absolute atomic E-state index is 11.6. The normalized spacial score (nSPS) is 11.3. The van der Waals surface area contributed by atoms with E-state index >= 15 is 0 Å². The number of hydrogen-bond acceptors (Lipinski definition) is 6. The molecule has 0 saturated carbocycles. The molecule has 0 bridgehead atoms. The van der Waals surface area contributed by atoms with Crippen LogP contribution in [0.1, 0.15) is 59.3 Å². The molecular formula is C21H42N6O2. The molecule has 0 spiro atoms. The first-order valence-electron chi connectivity index (χ1n) is 10.1. The van der Waals surface area contributed by atoms with E-state index in [4.69, 9.17) is 27.0 Å². The Morgan fingerprint density at radius 1 is 1.03 bits per heavy atom. The van der Waals surface area contributed by atoms with Crippen LogP contribution in [0.4, 0.5) is 0 Å². The zero-order valence-electron chi connectivity index (χ0n) is 18.5. The van der Waals surface area contributed by atoms with E-state index in [-0.39, 0.29) is 5.97 Å². The predicted octanol–water partition coefficient (Wildman–Crippen LogP) is 2.45. The van der Waals surface area contributed by atoms with Crippen molar-refractivity contribution in [2.45, 2.75) is 70.9 Å². The van der Waals surface area contributed by atoms with E-state index in [2.05, 4.69) is 23.8 Å². The van der Waals surface area contributed by atoms with Crippen LogP contribution in [0.3, 0.4) is 0 Å². The van der Waals surface area contributed by atoms with Crippen molar-refractivity contribution in [3.8, 4) is 0 Å². The summed E-state index contributed by atoms with van der Waals surface area (Å²) in [6.07, 6.45) is 7.87. The molecule has 8 nitrogen and oxygen atoms in total. The molecule has 0 aromatic rings. The number of amidine groups is 2. The topological polar surface area (TPSA) is 150 Å². The number of ether oxygens (including phenoxy) is 1. The average molecular weight is 411 g/mol. The van der Waals surface area contributed by atoms with Gasteiger partial charge in [-0.25, -0.2) is 0 Å². The molecule has 0 radical (unpaired) electrons. The van der Waals surface area contributed by atoms with Crippen LogP contribution < -0.4 is 22.1 Å². The first kappa shape index (κ1) is 29.0. The van der Waals surface area contributed by atoms with E-state index in [0.717, 1.165) is 32.4 Å². The number of carbonyl (C=O) groups is 1. The van der Waals surface area contributed by atoms with E-state index in [1.807, 2.05) is 20.8 Å². The highest BCUT2D eigenvalue weighted by Gasteiger charge is 2.21. The fourth-order valence-corrected chi connectivity index (χ4v) is 2.00. The molecule has 168 valence electrons. The zero-order valence-corrected chi connectivity index (χ0v) is 18.5. The molecule has 0 fully saturated rings. The van der Waals surface area contributed by atoms with Crippen molar-refractivity contribution in [3.63, 3.8) is 0 Å². The first-order chi connectivity index (χ1) is 13.6. The number of esters is 1. The highest BCUT2D eigenvalue weighted by molar-refractivity contribution is 5.80. The highest BCUT2D eigenvalue weighted by atomic mass is 16.6. The summed E-state index contributed by atoms with van der Waals surface area (Å²) in [5, 5.41) is 20.7. The average Bonchev–Trinajstić information content (AvgIpc) is 2.62. The van der Waals surface area contributed by atoms with Gasteiger partial charge in [-0.15, -0.1) is 13.2 Å². The number of nitrogens with two attached hydrogens (primary N) is 2. The van der Waals surface area contributed by atoms with Gasteiger partial charge in [0.05, 0.1) is 11.7 Å². The van der Waals surface area contributed by atoms with Gasteiger partial charge in [-0.1, -0.05) is 12.2 Å². The Balaban J connectivity index is 0. The summed E-state index contributed by atoms with van der Waals surface area (Å²) in [7, 11) is 0. The van der Waals surface area contributed by atoms with Gasteiger partial charge >= 0.3 is 5.97 Å². The molecule has 0 aromatic heterocycles. The lowest BCUT2D eigenvalue weighted by Crippen LogP contribution is -2.38. The minimum atomic E-state index is -0.598. The fraction of sp³-hybridized carbons (Fsp3) is 0.667. The summed E-state index contributed by atoms with van der Waals surface area (Å²) < 4.78 is 5.18. The summed E-state index contributed by atoms with van der Waals surface area (Å²) >= 11 is 0. The third-order valence-electron chi connectivity index (χ3n) is 3.41. The third-order valence-corrected chi connectivity index (χ3v) is 3.41. The lowest BCUT2D eigenvalue weighted by molar-refractivity contribution is -0.156. The Morgan fingerprint density at radius 3 is 1.93 bits per heavy atom. The second-order valence-electron chi connectivity index (χ2n) is 7.57. The molecule has 0 saturated heterocycles. The lowest BCUT2D eigenvalue weighted by atomic mass is 10.1. The largest absolute Gasteiger partial charge is 0.459 e. The van der Waals surface area contributed by atoms with Crippen LogP contribution in [-0.2, 0) is 9.53 Å². The number of rotatable bonds is 13. The van der Waals surface area contributed by atoms with Crippen molar-refractivity contribution in [2.75, 3.05) is 19.6 Å². The molecule has 0 aromatic carbocycles. The van der Waals surface area contributed by atoms with Crippen molar-refractivity contribution in [1.29, 1.82) is 10.8 Å². The van der Waals surface area contributed by atoms with E-state index in [0.29, 0.717) is 37.5 Å². The maximum atomic E-state index is 11.6. The summed E-state index contributed by atoms with van der Waals surface area (Å²) in [4.78, 5) is 11.6. The van der Waals surface area contributed by atoms with Gasteiger partial charge in [0.15, 0.2) is 0 Å². The second kappa shape index (κ2) is 17.9. The van der Waals surface area contributed by atoms with Crippen molar-refractivity contribution in [2.24, 2.45) is 11.5 Å². The second-order valence-corrected chi connectivity index (χ2v) is 7.57. The standard InChI is InChI=1S/C13H25N3O2.C8H17N3/c1-5-7-11(15)16-9-6-8-10(14)12(17)18-13(2,3)4;1-2-5-8(10)11-7-4-3-6-9/h5,10H,1,6-9,14H2,2-4H3,(H2,15,16);2H,1,3-7,9H2,(H2,10,11). The van der Waals surface area contributed by atoms with Crippen molar-refractivity contribution < 1.29 is 9.53 Å². The molecule has 8 N–H and O–H groups in total. The SMILES string of the molecule is C=CCC(=N)NCCCC(N)C(=O)OC(C)(C)C.C=CCC(=N)NCCCCN. The van der Waals surface area contributed by atoms with Gasteiger partial charge in [0.2, 0.25) is 0 Å². The molecule has 0 amide bonds. The lowest BCUT2D eigenvalue weighted by Gasteiger charge is -2.22. The van der Waals surface area contributed by atoms with Crippen LogP contribution in [0, 0.1) is 10.8 Å². The molecule has 0 aliphatic carbocycles. The van der Waals surface area contributed by atoms with E-state index in [1.54, 1.807) is 12.2 Å². The Bertz CT molecular complexity index is 500. The van der Waals surface area contributed by atoms with Gasteiger partial charge in [0.25, 0.3) is 0 Å². The first-order valence-corrected chi connectivity index (χ1v) is 10.1. The van der Waals surface area contributed by atoms with Crippen LogP contribution in [0.5, 0.6) is 0 Å². The molecular weight excluding hydrogens is 368 g/mol. The van der Waals surface area contributed by atoms with Gasteiger partial charge in [0, 0.05) is 25.9 Å². The Morgan fingerprint density at radius 2 is 1.52 bits per heavy atom. The van der Waals surface area contributed by atoms with Gasteiger partial charge in [-0.2, -0.15) is 0 Å². The summed E-state index contributed by atoms with van der Waals surface area (Å²) in [6, 6.07) is -0.598. The van der Waals surface area contributed by atoms with Crippen LogP contribution >= 0.6 is 0 Å². The molecule has 8 heteroatoms. The van der Waals surface area contributed by atoms with Crippen molar-refractivity contribution >= 4 is 17.6 Å². The highest BCUT2D eigenvalue weighted by Crippen LogP contribution is 2.09. The molecule has 29 heavy (non-hydrogen) atoms. The Hall–Kier alpha value is -2.19. The number of unbranched alkanes of at least 4 members (excludes halogenated alkanes) is 1. The fourth-order valence-electron chi connectivity index (χ4n) is 2.00. The molecule has 1 atom stereocenters. The molecule has 0 aliphatic rings. The number of hydrogen-bond donors (Lipinski definition) is 6. The summed E-state index contributed by atoms with van der Waals surface area (Å²) in [5.74, 6) is 0.594.